The number of thioether (sulfide) groups is 1. The molecule has 2 aromatic carbocycles. The van der Waals surface area contributed by atoms with E-state index in [1.165, 1.54) is 0 Å². The van der Waals surface area contributed by atoms with Gasteiger partial charge >= 0.3 is 0 Å². The maximum Gasteiger partial charge on any atom is 0.272 e. The number of ether oxygens (including phenoxy) is 1. The number of hydrogen-bond acceptors (Lipinski definition) is 6. The molecular weight excluding hydrogens is 468 g/mol. The second-order valence-corrected chi connectivity index (χ2v) is 8.42. The van der Waals surface area contributed by atoms with E-state index in [2.05, 4.69) is 41.9 Å². The molecule has 8 nitrogen and oxygen atoms in total. The van der Waals surface area contributed by atoms with E-state index in [-0.39, 0.29) is 5.91 Å². The van der Waals surface area contributed by atoms with Gasteiger partial charge < -0.3 is 14.6 Å². The van der Waals surface area contributed by atoms with Crippen LogP contribution in [0.3, 0.4) is 0 Å². The molecule has 0 saturated heterocycles. The molecule has 2 heterocycles. The summed E-state index contributed by atoms with van der Waals surface area (Å²) in [7, 11) is 1.86. The van der Waals surface area contributed by atoms with Crippen LogP contribution in [-0.2, 0) is 7.05 Å². The van der Waals surface area contributed by atoms with Crippen molar-refractivity contribution in [2.45, 2.75) is 0 Å². The summed E-state index contributed by atoms with van der Waals surface area (Å²) in [5.41, 5.74) is 2.70. The molecule has 30 heavy (non-hydrogen) atoms. The van der Waals surface area contributed by atoms with Crippen molar-refractivity contribution < 1.29 is 9.53 Å². The smallest absolute Gasteiger partial charge is 0.272 e. The Morgan fingerprint density at radius 1 is 1.30 bits per heavy atom. The zero-order valence-corrected chi connectivity index (χ0v) is 18.7. The largest absolute Gasteiger partial charge is 0.491 e. The molecule has 2 N–H and O–H groups in total. The fourth-order valence-corrected chi connectivity index (χ4v) is 3.84. The lowest BCUT2D eigenvalue weighted by Gasteiger charge is -2.11. The number of anilines is 1. The minimum Gasteiger partial charge on any atom is -0.491 e. The van der Waals surface area contributed by atoms with Gasteiger partial charge in [-0.2, -0.15) is 11.8 Å². The third-order valence-corrected chi connectivity index (χ3v) is 5.70. The molecule has 0 aliphatic heterocycles. The van der Waals surface area contributed by atoms with E-state index >= 15 is 0 Å². The Hall–Kier alpha value is -2.85. The molecule has 0 radical (unpaired) electrons. The molecule has 0 fully saturated rings. The number of nitrogens with one attached hydrogen (secondary N) is 2. The van der Waals surface area contributed by atoms with Gasteiger partial charge in [-0.1, -0.05) is 28.1 Å². The summed E-state index contributed by atoms with van der Waals surface area (Å²) < 4.78 is 8.63. The summed E-state index contributed by atoms with van der Waals surface area (Å²) in [6, 6.07) is 13.2. The molecular formula is C20H19BrN6O2S. The number of rotatable bonds is 7. The van der Waals surface area contributed by atoms with Gasteiger partial charge in [-0.15, -0.1) is 5.10 Å². The van der Waals surface area contributed by atoms with E-state index in [0.717, 1.165) is 26.9 Å². The van der Waals surface area contributed by atoms with Crippen LogP contribution in [0.25, 0.3) is 22.3 Å². The average Bonchev–Trinajstić information content (AvgIpc) is 3.38. The van der Waals surface area contributed by atoms with Gasteiger partial charge in [0.1, 0.15) is 11.4 Å². The number of fused-ring (bicyclic) bond motifs is 1. The summed E-state index contributed by atoms with van der Waals surface area (Å²) in [4.78, 5) is 13.1. The van der Waals surface area contributed by atoms with E-state index in [4.69, 9.17) is 4.74 Å². The van der Waals surface area contributed by atoms with Crippen molar-refractivity contribution in [2.75, 3.05) is 23.9 Å². The van der Waals surface area contributed by atoms with Gasteiger partial charge in [0.2, 0.25) is 0 Å². The van der Waals surface area contributed by atoms with Gasteiger partial charge in [-0.3, -0.25) is 4.79 Å². The number of carbonyl (C=O) groups excluding carboxylic acids is 1. The van der Waals surface area contributed by atoms with Crippen LogP contribution in [0.2, 0.25) is 0 Å². The number of amides is 1. The Morgan fingerprint density at radius 3 is 2.93 bits per heavy atom. The normalized spacial score (nSPS) is 11.0. The van der Waals surface area contributed by atoms with Crippen LogP contribution in [0.1, 0.15) is 10.5 Å². The maximum atomic E-state index is 13.1. The standard InChI is InChI=1S/C20H19BrN6O2S/c1-27-16(10-12-4-3-5-17(18(12)27)29-8-9-30-2)20(28)22-15-7-6-13(21)11-14(15)19-23-25-26-24-19/h3-7,10-11H,8-9H2,1-2H3,(H,22,28)(H,23,24,25,26). The Kier molecular flexibility index (Phi) is 6.05. The molecule has 0 atom stereocenters. The number of tetrazole rings is 1. The first-order valence-corrected chi connectivity index (χ1v) is 11.3. The second kappa shape index (κ2) is 8.88. The lowest BCUT2D eigenvalue weighted by atomic mass is 10.1. The zero-order chi connectivity index (χ0) is 21.1. The molecule has 0 unspecified atom stereocenters. The molecule has 1 amide bonds. The third kappa shape index (κ3) is 4.05. The summed E-state index contributed by atoms with van der Waals surface area (Å²) >= 11 is 5.17. The number of aromatic amines is 1. The van der Waals surface area contributed by atoms with Gasteiger partial charge in [-0.25, -0.2) is 5.10 Å². The SMILES string of the molecule is CSCCOc1cccc2cc(C(=O)Nc3ccc(Br)cc3-c3nnn[nH]3)n(C)c12. The Labute approximate surface area is 185 Å². The number of para-hydroxylation sites is 1. The molecule has 0 saturated carbocycles. The van der Waals surface area contributed by atoms with Crippen molar-refractivity contribution in [3.05, 3.63) is 52.6 Å². The fraction of sp³-hybridized carbons (Fsp3) is 0.200. The third-order valence-electron chi connectivity index (χ3n) is 4.63. The highest BCUT2D eigenvalue weighted by molar-refractivity contribution is 9.10. The highest BCUT2D eigenvalue weighted by Crippen LogP contribution is 2.31. The number of nitrogens with zero attached hydrogens (tertiary/aromatic N) is 4. The van der Waals surface area contributed by atoms with Crippen LogP contribution in [-0.4, -0.2) is 49.7 Å². The fourth-order valence-electron chi connectivity index (χ4n) is 3.23. The van der Waals surface area contributed by atoms with Gasteiger partial charge in [0, 0.05) is 28.2 Å². The molecule has 0 aliphatic carbocycles. The first-order valence-electron chi connectivity index (χ1n) is 9.13. The van der Waals surface area contributed by atoms with Crippen molar-refractivity contribution in [3.8, 4) is 17.1 Å². The number of halogens is 1. The first-order chi connectivity index (χ1) is 14.6. The van der Waals surface area contributed by atoms with Gasteiger partial charge in [0.05, 0.1) is 17.8 Å². The van der Waals surface area contributed by atoms with Crippen molar-refractivity contribution in [1.29, 1.82) is 0 Å². The Morgan fingerprint density at radius 2 is 2.17 bits per heavy atom. The molecule has 10 heteroatoms. The zero-order valence-electron chi connectivity index (χ0n) is 16.3. The summed E-state index contributed by atoms with van der Waals surface area (Å²) in [5.74, 6) is 1.89. The van der Waals surface area contributed by atoms with Crippen molar-refractivity contribution in [2.24, 2.45) is 7.05 Å². The number of H-pyrrole nitrogens is 1. The van der Waals surface area contributed by atoms with Crippen molar-refractivity contribution >= 4 is 50.2 Å². The minimum atomic E-state index is -0.236. The maximum absolute atomic E-state index is 13.1. The number of aryl methyl sites for hydroxylation is 1. The number of hydrogen-bond donors (Lipinski definition) is 2. The van der Waals surface area contributed by atoms with Gasteiger partial charge in [-0.05, 0) is 47.0 Å². The van der Waals surface area contributed by atoms with Crippen LogP contribution in [0.4, 0.5) is 5.69 Å². The monoisotopic (exact) mass is 486 g/mol. The second-order valence-electron chi connectivity index (χ2n) is 6.52. The Balaban J connectivity index is 1.67. The molecule has 0 bridgehead atoms. The lowest BCUT2D eigenvalue weighted by molar-refractivity contribution is 0.102. The van der Waals surface area contributed by atoms with Crippen LogP contribution in [0, 0.1) is 0 Å². The van der Waals surface area contributed by atoms with Gasteiger partial charge in [0.15, 0.2) is 5.82 Å². The van der Waals surface area contributed by atoms with E-state index < -0.39 is 0 Å². The van der Waals surface area contributed by atoms with Crippen LogP contribution in [0.5, 0.6) is 5.75 Å². The van der Waals surface area contributed by atoms with Gasteiger partial charge in [0.25, 0.3) is 5.91 Å². The molecule has 2 aromatic heterocycles. The van der Waals surface area contributed by atoms with Crippen molar-refractivity contribution in [1.82, 2.24) is 25.2 Å². The van der Waals surface area contributed by atoms with E-state index in [0.29, 0.717) is 29.4 Å². The van der Waals surface area contributed by atoms with Crippen molar-refractivity contribution in [3.63, 3.8) is 0 Å². The summed E-state index contributed by atoms with van der Waals surface area (Å²) in [6.07, 6.45) is 2.04. The first kappa shape index (κ1) is 20.4. The highest BCUT2D eigenvalue weighted by atomic mass is 79.9. The lowest BCUT2D eigenvalue weighted by Crippen LogP contribution is -2.16. The predicted molar refractivity (Wildman–Crippen MR) is 122 cm³/mol. The number of carbonyl (C=O) groups is 1. The summed E-state index contributed by atoms with van der Waals surface area (Å²) in [6.45, 7) is 0.612. The van der Waals surface area contributed by atoms with Crippen LogP contribution in [0.15, 0.2) is 46.9 Å². The molecule has 4 rings (SSSR count). The van der Waals surface area contributed by atoms with E-state index in [1.807, 2.05) is 54.3 Å². The highest BCUT2D eigenvalue weighted by Gasteiger charge is 2.18. The molecule has 0 aliphatic rings. The minimum absolute atomic E-state index is 0.236. The molecule has 4 aromatic rings. The number of aromatic nitrogens is 5. The predicted octanol–water partition coefficient (Wildman–Crippen LogP) is 4.12. The molecule has 154 valence electrons. The summed E-state index contributed by atoms with van der Waals surface area (Å²) in [5, 5.41) is 17.8. The van der Waals surface area contributed by atoms with Crippen LogP contribution < -0.4 is 10.1 Å². The topological polar surface area (TPSA) is 97.7 Å². The van der Waals surface area contributed by atoms with E-state index in [1.54, 1.807) is 17.8 Å². The molecule has 0 spiro atoms. The average molecular weight is 487 g/mol. The number of benzene rings is 2. The van der Waals surface area contributed by atoms with Crippen LogP contribution >= 0.6 is 27.7 Å². The quantitative estimate of drug-likeness (QED) is 0.381. The Bertz CT molecular complexity index is 1190. The van der Waals surface area contributed by atoms with E-state index in [9.17, 15) is 4.79 Å².